The Morgan fingerprint density at radius 1 is 1.23 bits per heavy atom. The Labute approximate surface area is 128 Å². The van der Waals surface area contributed by atoms with E-state index in [0.717, 1.165) is 0 Å². The van der Waals surface area contributed by atoms with Gasteiger partial charge in [0.05, 0.1) is 11.5 Å². The summed E-state index contributed by atoms with van der Waals surface area (Å²) in [5, 5.41) is 4.98. The molecule has 0 saturated carbocycles. The SMILES string of the molecule is O=C(CC(=O)NC1CCS(=O)(=O)C1)NCc1ccccc1F. The van der Waals surface area contributed by atoms with Gasteiger partial charge < -0.3 is 10.6 Å². The summed E-state index contributed by atoms with van der Waals surface area (Å²) in [5.41, 5.74) is 0.332. The minimum Gasteiger partial charge on any atom is -0.352 e. The highest BCUT2D eigenvalue weighted by atomic mass is 32.2. The van der Waals surface area contributed by atoms with Gasteiger partial charge in [-0.3, -0.25) is 9.59 Å². The summed E-state index contributed by atoms with van der Waals surface area (Å²) in [7, 11) is -3.08. The van der Waals surface area contributed by atoms with Crippen molar-refractivity contribution < 1.29 is 22.4 Å². The summed E-state index contributed by atoms with van der Waals surface area (Å²) < 4.78 is 35.9. The van der Waals surface area contributed by atoms with Crippen molar-refractivity contribution >= 4 is 21.7 Å². The first-order valence-electron chi connectivity index (χ1n) is 6.85. The van der Waals surface area contributed by atoms with Crippen LogP contribution in [0.1, 0.15) is 18.4 Å². The Balaban J connectivity index is 1.75. The zero-order chi connectivity index (χ0) is 16.2. The molecule has 2 rings (SSSR count). The zero-order valence-electron chi connectivity index (χ0n) is 11.8. The van der Waals surface area contributed by atoms with E-state index in [9.17, 15) is 22.4 Å². The molecule has 6 nitrogen and oxygen atoms in total. The third-order valence-corrected chi connectivity index (χ3v) is 5.12. The van der Waals surface area contributed by atoms with Crippen molar-refractivity contribution in [1.82, 2.24) is 10.6 Å². The molecule has 0 aromatic heterocycles. The normalized spacial score (nSPS) is 19.6. The van der Waals surface area contributed by atoms with Crippen molar-refractivity contribution in [3.8, 4) is 0 Å². The van der Waals surface area contributed by atoms with Gasteiger partial charge in [0.2, 0.25) is 11.8 Å². The summed E-state index contributed by atoms with van der Waals surface area (Å²) in [4.78, 5) is 23.3. The van der Waals surface area contributed by atoms with E-state index in [2.05, 4.69) is 10.6 Å². The molecule has 2 N–H and O–H groups in total. The van der Waals surface area contributed by atoms with Crippen LogP contribution in [0.15, 0.2) is 24.3 Å². The van der Waals surface area contributed by atoms with Crippen LogP contribution >= 0.6 is 0 Å². The van der Waals surface area contributed by atoms with Crippen LogP contribution < -0.4 is 10.6 Å². The van der Waals surface area contributed by atoms with Gasteiger partial charge in [0, 0.05) is 18.2 Å². The fourth-order valence-corrected chi connectivity index (χ4v) is 3.90. The maximum atomic E-state index is 13.4. The van der Waals surface area contributed by atoms with Crippen LogP contribution in [0.25, 0.3) is 0 Å². The molecular formula is C14H17FN2O4S. The van der Waals surface area contributed by atoms with Gasteiger partial charge in [-0.25, -0.2) is 12.8 Å². The van der Waals surface area contributed by atoms with Crippen molar-refractivity contribution in [3.05, 3.63) is 35.6 Å². The number of sulfone groups is 1. The monoisotopic (exact) mass is 328 g/mol. The summed E-state index contributed by atoms with van der Waals surface area (Å²) in [6.45, 7) is -0.00338. The number of hydrogen-bond donors (Lipinski definition) is 2. The lowest BCUT2D eigenvalue weighted by atomic mass is 10.2. The van der Waals surface area contributed by atoms with Gasteiger partial charge in [-0.05, 0) is 12.5 Å². The molecule has 1 aromatic carbocycles. The molecule has 1 aliphatic rings. The topological polar surface area (TPSA) is 92.3 Å². The Morgan fingerprint density at radius 2 is 1.95 bits per heavy atom. The Morgan fingerprint density at radius 3 is 2.59 bits per heavy atom. The van der Waals surface area contributed by atoms with Gasteiger partial charge in [0.15, 0.2) is 9.84 Å². The number of rotatable bonds is 5. The van der Waals surface area contributed by atoms with E-state index >= 15 is 0 Å². The van der Waals surface area contributed by atoms with Gasteiger partial charge in [-0.2, -0.15) is 0 Å². The second-order valence-corrected chi connectivity index (χ2v) is 7.44. The van der Waals surface area contributed by atoms with Crippen molar-refractivity contribution in [2.24, 2.45) is 0 Å². The molecule has 0 bridgehead atoms. The maximum absolute atomic E-state index is 13.4. The van der Waals surface area contributed by atoms with Crippen molar-refractivity contribution in [2.75, 3.05) is 11.5 Å². The zero-order valence-corrected chi connectivity index (χ0v) is 12.7. The summed E-state index contributed by atoms with van der Waals surface area (Å²) in [6.07, 6.45) is -0.0457. The number of benzene rings is 1. The van der Waals surface area contributed by atoms with Gasteiger partial charge in [-0.1, -0.05) is 18.2 Å². The molecule has 2 amide bonds. The number of carbonyl (C=O) groups is 2. The van der Waals surface area contributed by atoms with Crippen LogP contribution in [-0.2, 0) is 26.0 Å². The molecule has 120 valence electrons. The number of amides is 2. The minimum atomic E-state index is -3.08. The highest BCUT2D eigenvalue weighted by Crippen LogP contribution is 2.11. The van der Waals surface area contributed by atoms with Crippen LogP contribution in [0.3, 0.4) is 0 Å². The molecule has 1 unspecified atom stereocenters. The van der Waals surface area contributed by atoms with E-state index in [0.29, 0.717) is 12.0 Å². The molecule has 0 radical (unpaired) electrons. The molecule has 1 aromatic rings. The Kier molecular flexibility index (Phi) is 5.12. The number of halogens is 1. The van der Waals surface area contributed by atoms with Gasteiger partial charge >= 0.3 is 0 Å². The first-order chi connectivity index (χ1) is 10.4. The predicted molar refractivity (Wildman–Crippen MR) is 78.1 cm³/mol. The minimum absolute atomic E-state index is 0.00338. The molecule has 8 heteroatoms. The third kappa shape index (κ3) is 4.80. The molecule has 1 aliphatic heterocycles. The second kappa shape index (κ2) is 6.87. The highest BCUT2D eigenvalue weighted by Gasteiger charge is 2.29. The molecule has 0 aliphatic carbocycles. The third-order valence-electron chi connectivity index (χ3n) is 3.35. The summed E-state index contributed by atoms with van der Waals surface area (Å²) in [5.74, 6) is -1.54. The van der Waals surface area contributed by atoms with Crippen LogP contribution in [0, 0.1) is 5.82 Å². The van der Waals surface area contributed by atoms with Gasteiger partial charge in [-0.15, -0.1) is 0 Å². The second-order valence-electron chi connectivity index (χ2n) is 5.21. The van der Waals surface area contributed by atoms with Gasteiger partial charge in [0.1, 0.15) is 12.2 Å². The lowest BCUT2D eigenvalue weighted by Gasteiger charge is -2.11. The van der Waals surface area contributed by atoms with E-state index in [-0.39, 0.29) is 18.1 Å². The molecule has 1 fully saturated rings. The van der Waals surface area contributed by atoms with E-state index in [1.165, 1.54) is 6.07 Å². The standard InChI is InChI=1S/C14H17FN2O4S/c15-12-4-2-1-3-10(12)8-16-13(18)7-14(19)17-11-5-6-22(20,21)9-11/h1-4,11H,5-9H2,(H,16,18)(H,17,19). The first kappa shape index (κ1) is 16.4. The number of nitrogens with one attached hydrogen (secondary N) is 2. The van der Waals surface area contributed by atoms with Crippen molar-refractivity contribution in [2.45, 2.75) is 25.4 Å². The highest BCUT2D eigenvalue weighted by molar-refractivity contribution is 7.91. The van der Waals surface area contributed by atoms with Crippen LogP contribution in [0.4, 0.5) is 4.39 Å². The molecule has 1 saturated heterocycles. The van der Waals surface area contributed by atoms with Crippen LogP contribution in [0.5, 0.6) is 0 Å². The van der Waals surface area contributed by atoms with E-state index in [1.54, 1.807) is 18.2 Å². The lowest BCUT2D eigenvalue weighted by Crippen LogP contribution is -2.38. The largest absolute Gasteiger partial charge is 0.352 e. The summed E-state index contributed by atoms with van der Waals surface area (Å²) >= 11 is 0. The predicted octanol–water partition coefficient (Wildman–Crippen LogP) is 0.135. The average molecular weight is 328 g/mol. The lowest BCUT2D eigenvalue weighted by molar-refractivity contribution is -0.129. The van der Waals surface area contributed by atoms with E-state index < -0.39 is 39.9 Å². The van der Waals surface area contributed by atoms with Crippen molar-refractivity contribution in [1.29, 1.82) is 0 Å². The molecular weight excluding hydrogens is 311 g/mol. The average Bonchev–Trinajstić information content (AvgIpc) is 2.76. The maximum Gasteiger partial charge on any atom is 0.229 e. The molecule has 1 heterocycles. The van der Waals surface area contributed by atoms with Crippen LogP contribution in [0.2, 0.25) is 0 Å². The first-order valence-corrected chi connectivity index (χ1v) is 8.68. The quantitative estimate of drug-likeness (QED) is 0.752. The molecule has 0 spiro atoms. The Hall–Kier alpha value is -1.96. The van der Waals surface area contributed by atoms with Crippen molar-refractivity contribution in [3.63, 3.8) is 0 Å². The summed E-state index contributed by atoms with van der Waals surface area (Å²) in [6, 6.07) is 5.59. The fraction of sp³-hybridized carbons (Fsp3) is 0.429. The van der Waals surface area contributed by atoms with E-state index in [4.69, 9.17) is 0 Å². The van der Waals surface area contributed by atoms with Crippen LogP contribution in [-0.4, -0.2) is 37.8 Å². The number of hydrogen-bond acceptors (Lipinski definition) is 4. The van der Waals surface area contributed by atoms with Gasteiger partial charge in [0.25, 0.3) is 0 Å². The fourth-order valence-electron chi connectivity index (χ4n) is 2.23. The number of carbonyl (C=O) groups excluding carboxylic acids is 2. The molecule has 22 heavy (non-hydrogen) atoms. The molecule has 1 atom stereocenters. The van der Waals surface area contributed by atoms with E-state index in [1.807, 2.05) is 0 Å². The Bertz CT molecular complexity index is 675. The smallest absolute Gasteiger partial charge is 0.229 e.